The number of carbonyl (C=O) groups is 1. The van der Waals surface area contributed by atoms with Gasteiger partial charge in [0.2, 0.25) is 5.91 Å². The molecule has 2 aromatic carbocycles. The standard InChI is InChI=1S/C26H33N3O3/c1-27-10-12-28(13-11-27)18-25(30)29-19-26(8-14-32-15-9-26)23-17-21(6-7-24(23)29)20-4-3-5-22(16-20)31-2/h3-7,16-17H,8-15,18-19H2,1-2H3. The highest BCUT2D eigenvalue weighted by Crippen LogP contribution is 2.48. The van der Waals surface area contributed by atoms with Crippen molar-refractivity contribution in [2.45, 2.75) is 18.3 Å². The first-order chi connectivity index (χ1) is 15.6. The minimum absolute atomic E-state index is 0.0137. The van der Waals surface area contributed by atoms with E-state index < -0.39 is 0 Å². The number of carbonyl (C=O) groups excluding carboxylic acids is 1. The lowest BCUT2D eigenvalue weighted by Gasteiger charge is -2.35. The highest BCUT2D eigenvalue weighted by Gasteiger charge is 2.45. The molecule has 0 aromatic heterocycles. The molecule has 2 saturated heterocycles. The second kappa shape index (κ2) is 8.85. The topological polar surface area (TPSA) is 45.3 Å². The van der Waals surface area contributed by atoms with Crippen LogP contribution in [0.15, 0.2) is 42.5 Å². The van der Waals surface area contributed by atoms with Crippen LogP contribution in [0.25, 0.3) is 11.1 Å². The second-order valence-corrected chi connectivity index (χ2v) is 9.42. The van der Waals surface area contributed by atoms with Crippen molar-refractivity contribution in [3.05, 3.63) is 48.0 Å². The summed E-state index contributed by atoms with van der Waals surface area (Å²) in [6.07, 6.45) is 1.92. The van der Waals surface area contributed by atoms with Gasteiger partial charge >= 0.3 is 0 Å². The largest absolute Gasteiger partial charge is 0.497 e. The van der Waals surface area contributed by atoms with E-state index in [1.165, 1.54) is 11.1 Å². The summed E-state index contributed by atoms with van der Waals surface area (Å²) >= 11 is 0. The molecule has 0 unspecified atom stereocenters. The Hall–Kier alpha value is -2.41. The van der Waals surface area contributed by atoms with E-state index in [0.717, 1.165) is 75.8 Å². The third-order valence-electron chi connectivity index (χ3n) is 7.43. The molecule has 2 fully saturated rings. The van der Waals surface area contributed by atoms with Gasteiger partial charge in [0.05, 0.1) is 13.7 Å². The van der Waals surface area contributed by atoms with E-state index in [4.69, 9.17) is 9.47 Å². The zero-order valence-electron chi connectivity index (χ0n) is 19.2. The van der Waals surface area contributed by atoms with Gasteiger partial charge in [-0.3, -0.25) is 9.69 Å². The molecule has 1 amide bonds. The maximum atomic E-state index is 13.4. The van der Waals surface area contributed by atoms with Gasteiger partial charge in [-0.25, -0.2) is 0 Å². The Bertz CT molecular complexity index is 978. The number of ether oxygens (including phenoxy) is 2. The highest BCUT2D eigenvalue weighted by atomic mass is 16.5. The third kappa shape index (κ3) is 4.03. The molecule has 5 rings (SSSR count). The Morgan fingerprint density at radius 2 is 1.78 bits per heavy atom. The summed E-state index contributed by atoms with van der Waals surface area (Å²) in [7, 11) is 3.84. The van der Waals surface area contributed by atoms with Gasteiger partial charge in [-0.1, -0.05) is 18.2 Å². The Kier molecular flexibility index (Phi) is 5.93. The first-order valence-corrected chi connectivity index (χ1v) is 11.7. The smallest absolute Gasteiger partial charge is 0.241 e. The van der Waals surface area contributed by atoms with E-state index in [1.54, 1.807) is 7.11 Å². The average molecular weight is 436 g/mol. The predicted molar refractivity (Wildman–Crippen MR) is 126 cm³/mol. The van der Waals surface area contributed by atoms with E-state index in [0.29, 0.717) is 6.54 Å². The van der Waals surface area contributed by atoms with Crippen LogP contribution in [0.2, 0.25) is 0 Å². The van der Waals surface area contributed by atoms with Gasteiger partial charge in [0.25, 0.3) is 0 Å². The molecular weight excluding hydrogens is 402 g/mol. The van der Waals surface area contributed by atoms with Gasteiger partial charge in [-0.05, 0) is 60.8 Å². The number of fused-ring (bicyclic) bond motifs is 2. The third-order valence-corrected chi connectivity index (χ3v) is 7.43. The predicted octanol–water partition coefficient (Wildman–Crippen LogP) is 3.00. The SMILES string of the molecule is COc1cccc(-c2ccc3c(c2)C2(CCOCC2)CN3C(=O)CN2CCN(C)CC2)c1. The molecule has 6 nitrogen and oxygen atoms in total. The zero-order chi connectivity index (χ0) is 22.1. The molecule has 1 spiro atoms. The Labute approximate surface area is 190 Å². The molecule has 32 heavy (non-hydrogen) atoms. The van der Waals surface area contributed by atoms with Gasteiger partial charge in [-0.15, -0.1) is 0 Å². The molecule has 0 aliphatic carbocycles. The van der Waals surface area contributed by atoms with Crippen LogP contribution in [-0.2, 0) is 14.9 Å². The van der Waals surface area contributed by atoms with Crippen LogP contribution in [0.4, 0.5) is 5.69 Å². The van der Waals surface area contributed by atoms with Crippen LogP contribution in [0.3, 0.4) is 0 Å². The van der Waals surface area contributed by atoms with Crippen molar-refractivity contribution in [2.75, 3.05) is 71.5 Å². The highest BCUT2D eigenvalue weighted by molar-refractivity contribution is 5.98. The second-order valence-electron chi connectivity index (χ2n) is 9.42. The number of benzene rings is 2. The molecular formula is C26H33N3O3. The summed E-state index contributed by atoms with van der Waals surface area (Å²) in [6.45, 7) is 6.72. The van der Waals surface area contributed by atoms with Crippen molar-refractivity contribution in [2.24, 2.45) is 0 Å². The van der Waals surface area contributed by atoms with Crippen molar-refractivity contribution >= 4 is 11.6 Å². The first-order valence-electron chi connectivity index (χ1n) is 11.7. The van der Waals surface area contributed by atoms with Crippen LogP contribution < -0.4 is 9.64 Å². The molecule has 0 saturated carbocycles. The molecule has 0 atom stereocenters. The van der Waals surface area contributed by atoms with Crippen molar-refractivity contribution in [3.8, 4) is 16.9 Å². The molecule has 0 bridgehead atoms. The van der Waals surface area contributed by atoms with Gasteiger partial charge < -0.3 is 19.3 Å². The Morgan fingerprint density at radius 3 is 2.53 bits per heavy atom. The number of amides is 1. The monoisotopic (exact) mass is 435 g/mol. The van der Waals surface area contributed by atoms with Gasteiger partial charge in [0.15, 0.2) is 0 Å². The number of methoxy groups -OCH3 is 1. The average Bonchev–Trinajstić information content (AvgIpc) is 3.14. The number of hydrogen-bond acceptors (Lipinski definition) is 5. The van der Waals surface area contributed by atoms with Gasteiger partial charge in [0.1, 0.15) is 5.75 Å². The lowest BCUT2D eigenvalue weighted by molar-refractivity contribution is -0.120. The fourth-order valence-corrected chi connectivity index (χ4v) is 5.35. The van der Waals surface area contributed by atoms with E-state index in [1.807, 2.05) is 17.0 Å². The van der Waals surface area contributed by atoms with Crippen LogP contribution in [0.5, 0.6) is 5.75 Å². The maximum absolute atomic E-state index is 13.4. The molecule has 3 heterocycles. The zero-order valence-corrected chi connectivity index (χ0v) is 19.2. The first kappa shape index (κ1) is 21.4. The van der Waals surface area contributed by atoms with Crippen molar-refractivity contribution < 1.29 is 14.3 Å². The van der Waals surface area contributed by atoms with E-state index in [2.05, 4.69) is 47.2 Å². The Morgan fingerprint density at radius 1 is 1.03 bits per heavy atom. The van der Waals surface area contributed by atoms with E-state index in [9.17, 15) is 4.79 Å². The molecule has 6 heteroatoms. The lowest BCUT2D eigenvalue weighted by Crippen LogP contribution is -2.49. The molecule has 3 aliphatic heterocycles. The van der Waals surface area contributed by atoms with Gasteiger partial charge in [-0.2, -0.15) is 0 Å². The fraction of sp³-hybridized carbons (Fsp3) is 0.500. The number of rotatable bonds is 4. The van der Waals surface area contributed by atoms with Crippen LogP contribution in [0, 0.1) is 0 Å². The summed E-state index contributed by atoms with van der Waals surface area (Å²) in [4.78, 5) is 20.1. The van der Waals surface area contributed by atoms with E-state index in [-0.39, 0.29) is 11.3 Å². The summed E-state index contributed by atoms with van der Waals surface area (Å²) in [6, 6.07) is 14.8. The molecule has 170 valence electrons. The lowest BCUT2D eigenvalue weighted by atomic mass is 9.75. The van der Waals surface area contributed by atoms with Crippen LogP contribution in [-0.4, -0.2) is 82.3 Å². The van der Waals surface area contributed by atoms with Crippen LogP contribution >= 0.6 is 0 Å². The fourth-order valence-electron chi connectivity index (χ4n) is 5.35. The summed E-state index contributed by atoms with van der Waals surface area (Å²) in [5.41, 5.74) is 4.67. The molecule has 0 N–H and O–H groups in total. The number of anilines is 1. The minimum Gasteiger partial charge on any atom is -0.497 e. The van der Waals surface area contributed by atoms with Gasteiger partial charge in [0, 0.05) is 57.0 Å². The maximum Gasteiger partial charge on any atom is 0.241 e. The number of hydrogen-bond donors (Lipinski definition) is 0. The summed E-state index contributed by atoms with van der Waals surface area (Å²) < 4.78 is 11.1. The number of nitrogens with zero attached hydrogens (tertiary/aromatic N) is 3. The molecule has 0 radical (unpaired) electrons. The molecule has 2 aromatic rings. The van der Waals surface area contributed by atoms with Crippen molar-refractivity contribution in [1.82, 2.24) is 9.80 Å². The number of likely N-dealkylation sites (N-methyl/N-ethyl adjacent to an activating group) is 1. The number of piperazine rings is 1. The minimum atomic E-state index is -0.0137. The van der Waals surface area contributed by atoms with E-state index >= 15 is 0 Å². The quantitative estimate of drug-likeness (QED) is 0.739. The van der Waals surface area contributed by atoms with Crippen molar-refractivity contribution in [3.63, 3.8) is 0 Å². The summed E-state index contributed by atoms with van der Waals surface area (Å²) in [5.74, 6) is 1.07. The summed E-state index contributed by atoms with van der Waals surface area (Å²) in [5, 5.41) is 0. The Balaban J connectivity index is 1.45. The van der Waals surface area contributed by atoms with Crippen LogP contribution in [0.1, 0.15) is 18.4 Å². The normalized spacial score (nSPS) is 21.0. The van der Waals surface area contributed by atoms with Crippen molar-refractivity contribution in [1.29, 1.82) is 0 Å². The molecule has 3 aliphatic rings.